The summed E-state index contributed by atoms with van der Waals surface area (Å²) >= 11 is 0. The Hall–Kier alpha value is -2.00. The molecule has 1 unspecified atom stereocenters. The number of nitrogens with one attached hydrogen (secondary N) is 2. The van der Waals surface area contributed by atoms with Gasteiger partial charge in [0.05, 0.1) is 12.1 Å². The van der Waals surface area contributed by atoms with E-state index in [1.54, 1.807) is 0 Å². The Morgan fingerprint density at radius 2 is 2.00 bits per heavy atom. The van der Waals surface area contributed by atoms with Gasteiger partial charge in [0.2, 0.25) is 0 Å². The highest BCUT2D eigenvalue weighted by Crippen LogP contribution is 2.30. The number of amides is 4. The number of urea groups is 1. The van der Waals surface area contributed by atoms with Crippen LogP contribution in [0.3, 0.4) is 0 Å². The number of unbranched alkanes of at least 4 members (excludes halogenated alkanes) is 1. The SMILES string of the molecule is NCCCC[C@H](N)C(=O)NNC(=O)C1CC[C@@H]2CN1C(=O)N2OS(=O)(=O)O. The molecule has 27 heavy (non-hydrogen) atoms. The molecule has 0 aromatic carbocycles. The van der Waals surface area contributed by atoms with Crippen LogP contribution in [-0.2, 0) is 24.3 Å². The molecule has 0 radical (unpaired) electrons. The predicted octanol–water partition coefficient (Wildman–Crippen LogP) is -2.41. The van der Waals surface area contributed by atoms with Crippen LogP contribution in [0.5, 0.6) is 0 Å². The number of piperidine rings is 1. The molecule has 154 valence electrons. The van der Waals surface area contributed by atoms with Gasteiger partial charge in [-0.2, -0.15) is 13.5 Å². The van der Waals surface area contributed by atoms with Gasteiger partial charge >= 0.3 is 16.4 Å². The molecule has 2 bridgehead atoms. The molecule has 2 heterocycles. The van der Waals surface area contributed by atoms with E-state index in [0.29, 0.717) is 24.4 Å². The molecule has 0 saturated carbocycles. The van der Waals surface area contributed by atoms with Crippen molar-refractivity contribution in [2.45, 2.75) is 50.2 Å². The number of rotatable bonds is 8. The summed E-state index contributed by atoms with van der Waals surface area (Å²) in [6, 6.07) is -3.19. The number of hydrogen-bond donors (Lipinski definition) is 5. The van der Waals surface area contributed by atoms with Gasteiger partial charge in [-0.05, 0) is 32.2 Å². The molecule has 2 rings (SSSR count). The fraction of sp³-hybridized carbons (Fsp3) is 0.769. The predicted molar refractivity (Wildman–Crippen MR) is 90.6 cm³/mol. The summed E-state index contributed by atoms with van der Waals surface area (Å²) in [6.07, 6.45) is 2.33. The maximum absolute atomic E-state index is 12.3. The van der Waals surface area contributed by atoms with Crippen molar-refractivity contribution < 1.29 is 31.6 Å². The number of carbonyl (C=O) groups excluding carboxylic acids is 3. The van der Waals surface area contributed by atoms with Crippen molar-refractivity contribution in [2.75, 3.05) is 13.1 Å². The Kier molecular flexibility index (Phi) is 6.94. The van der Waals surface area contributed by atoms with Crippen molar-refractivity contribution in [1.29, 1.82) is 0 Å². The lowest BCUT2D eigenvalue weighted by Crippen LogP contribution is -2.56. The van der Waals surface area contributed by atoms with Crippen LogP contribution < -0.4 is 22.3 Å². The van der Waals surface area contributed by atoms with Gasteiger partial charge in [-0.3, -0.25) is 25.0 Å². The Balaban J connectivity index is 1.87. The molecule has 13 nitrogen and oxygen atoms in total. The van der Waals surface area contributed by atoms with Crippen molar-refractivity contribution >= 4 is 28.2 Å². The second kappa shape index (κ2) is 8.79. The first-order valence-electron chi connectivity index (χ1n) is 8.46. The molecule has 2 aliphatic heterocycles. The van der Waals surface area contributed by atoms with Gasteiger partial charge in [0.25, 0.3) is 11.8 Å². The van der Waals surface area contributed by atoms with E-state index >= 15 is 0 Å². The van der Waals surface area contributed by atoms with E-state index in [1.807, 2.05) is 0 Å². The minimum Gasteiger partial charge on any atom is -0.330 e. The van der Waals surface area contributed by atoms with E-state index in [2.05, 4.69) is 15.1 Å². The standard InChI is InChI=1S/C13H24N6O7S/c14-6-2-1-3-9(15)11(20)16-17-12(21)10-5-4-8-7-18(10)13(22)19(8)26-27(23,24)25/h8-10H,1-7,14-15H2,(H,16,20)(H,17,21)(H,23,24,25)/t8-,9+,10?/m1/s1. The zero-order valence-electron chi connectivity index (χ0n) is 14.5. The van der Waals surface area contributed by atoms with Crippen LogP contribution in [-0.4, -0.2) is 72.0 Å². The van der Waals surface area contributed by atoms with Crippen LogP contribution in [0.4, 0.5) is 4.79 Å². The summed E-state index contributed by atoms with van der Waals surface area (Å²) in [5.41, 5.74) is 15.5. The number of nitrogens with two attached hydrogens (primary N) is 2. The highest BCUT2D eigenvalue weighted by atomic mass is 32.3. The Morgan fingerprint density at radius 1 is 1.30 bits per heavy atom. The highest BCUT2D eigenvalue weighted by molar-refractivity contribution is 7.80. The van der Waals surface area contributed by atoms with E-state index in [4.69, 9.17) is 16.0 Å². The summed E-state index contributed by atoms with van der Waals surface area (Å²) in [5, 5.41) is 0.536. The molecule has 0 aromatic rings. The Labute approximate surface area is 156 Å². The lowest BCUT2D eigenvalue weighted by atomic mass is 10.0. The minimum atomic E-state index is -4.86. The second-order valence-electron chi connectivity index (χ2n) is 6.38. The second-order valence-corrected chi connectivity index (χ2v) is 7.38. The molecule has 4 amide bonds. The molecule has 0 aromatic heterocycles. The van der Waals surface area contributed by atoms with Gasteiger partial charge in [0.1, 0.15) is 6.04 Å². The molecule has 2 aliphatic rings. The van der Waals surface area contributed by atoms with E-state index in [0.717, 1.165) is 11.3 Å². The number of nitrogens with zero attached hydrogens (tertiary/aromatic N) is 2. The van der Waals surface area contributed by atoms with Crippen molar-refractivity contribution in [1.82, 2.24) is 20.8 Å². The summed E-state index contributed by atoms with van der Waals surface area (Å²) in [4.78, 5) is 37.5. The average Bonchev–Trinajstić information content (AvgIpc) is 2.83. The van der Waals surface area contributed by atoms with Gasteiger partial charge in [-0.15, -0.1) is 4.28 Å². The molecular formula is C13H24N6O7S. The third kappa shape index (κ3) is 5.49. The third-order valence-electron chi connectivity index (χ3n) is 4.41. The van der Waals surface area contributed by atoms with Crippen LogP contribution in [0.15, 0.2) is 0 Å². The third-order valence-corrected chi connectivity index (χ3v) is 4.76. The van der Waals surface area contributed by atoms with Gasteiger partial charge in [-0.1, -0.05) is 6.42 Å². The molecule has 0 spiro atoms. The van der Waals surface area contributed by atoms with Crippen molar-refractivity contribution in [2.24, 2.45) is 11.5 Å². The van der Waals surface area contributed by atoms with Crippen LogP contribution in [0.2, 0.25) is 0 Å². The van der Waals surface area contributed by atoms with E-state index in [9.17, 15) is 22.8 Å². The highest BCUT2D eigenvalue weighted by Gasteiger charge is 2.49. The smallest absolute Gasteiger partial charge is 0.330 e. The van der Waals surface area contributed by atoms with Crippen LogP contribution in [0, 0.1) is 0 Å². The summed E-state index contributed by atoms with van der Waals surface area (Å²) in [6.45, 7) is 0.551. The van der Waals surface area contributed by atoms with Crippen molar-refractivity contribution in [3.8, 4) is 0 Å². The molecule has 3 atom stereocenters. The van der Waals surface area contributed by atoms with Gasteiger partial charge in [0, 0.05) is 6.54 Å². The lowest BCUT2D eigenvalue weighted by Gasteiger charge is -2.29. The number of hydrogen-bond acceptors (Lipinski definition) is 8. The van der Waals surface area contributed by atoms with Crippen LogP contribution in [0.1, 0.15) is 32.1 Å². The largest absolute Gasteiger partial charge is 0.418 e. The first-order chi connectivity index (χ1) is 12.6. The van der Waals surface area contributed by atoms with Gasteiger partial charge in [0.15, 0.2) is 0 Å². The zero-order chi connectivity index (χ0) is 20.2. The monoisotopic (exact) mass is 408 g/mol. The molecule has 2 saturated heterocycles. The first-order valence-corrected chi connectivity index (χ1v) is 9.82. The van der Waals surface area contributed by atoms with Gasteiger partial charge in [-0.25, -0.2) is 4.79 Å². The zero-order valence-corrected chi connectivity index (χ0v) is 15.4. The number of fused-ring (bicyclic) bond motifs is 2. The fourth-order valence-electron chi connectivity index (χ4n) is 3.04. The minimum absolute atomic E-state index is 0.0546. The van der Waals surface area contributed by atoms with E-state index < -0.39 is 46.4 Å². The molecule has 2 fully saturated rings. The van der Waals surface area contributed by atoms with Crippen LogP contribution >= 0.6 is 0 Å². The first kappa shape index (κ1) is 21.3. The number of hydrazine groups is 1. The molecular weight excluding hydrogens is 384 g/mol. The maximum atomic E-state index is 12.3. The topological polar surface area (TPSA) is 197 Å². The number of carbonyl (C=O) groups is 3. The Morgan fingerprint density at radius 3 is 2.63 bits per heavy atom. The number of hydroxylamine groups is 2. The summed E-state index contributed by atoms with van der Waals surface area (Å²) in [7, 11) is -4.86. The van der Waals surface area contributed by atoms with E-state index in [1.165, 1.54) is 0 Å². The van der Waals surface area contributed by atoms with Crippen molar-refractivity contribution in [3.63, 3.8) is 0 Å². The van der Waals surface area contributed by atoms with Crippen LogP contribution in [0.25, 0.3) is 0 Å². The lowest BCUT2D eigenvalue weighted by molar-refractivity contribution is -0.132. The fourth-order valence-corrected chi connectivity index (χ4v) is 3.43. The van der Waals surface area contributed by atoms with E-state index in [-0.39, 0.29) is 19.4 Å². The van der Waals surface area contributed by atoms with Crippen molar-refractivity contribution in [3.05, 3.63) is 0 Å². The average molecular weight is 408 g/mol. The van der Waals surface area contributed by atoms with Gasteiger partial charge < -0.3 is 16.4 Å². The Bertz CT molecular complexity index is 687. The summed E-state index contributed by atoms with van der Waals surface area (Å²) < 4.78 is 34.7. The summed E-state index contributed by atoms with van der Waals surface area (Å²) in [5.74, 6) is -1.21. The molecule has 14 heteroatoms. The normalized spacial score (nSPS) is 23.3. The molecule has 0 aliphatic carbocycles. The quantitative estimate of drug-likeness (QED) is 0.165. The maximum Gasteiger partial charge on any atom is 0.418 e. The molecule has 7 N–H and O–H groups in total.